The van der Waals surface area contributed by atoms with E-state index in [1.165, 1.54) is 25.7 Å². The van der Waals surface area contributed by atoms with Crippen molar-refractivity contribution < 1.29 is 4.79 Å². The molecule has 0 aliphatic heterocycles. The summed E-state index contributed by atoms with van der Waals surface area (Å²) in [5.74, 6) is -0.0881. The lowest BCUT2D eigenvalue weighted by Gasteiger charge is -2.26. The molecule has 1 rings (SSSR count). The number of hydrogen-bond acceptors (Lipinski definition) is 3. The van der Waals surface area contributed by atoms with Crippen LogP contribution in [0.2, 0.25) is 0 Å². The van der Waals surface area contributed by atoms with Gasteiger partial charge in [-0.2, -0.15) is 0 Å². The van der Waals surface area contributed by atoms with Crippen LogP contribution in [0.25, 0.3) is 0 Å². The molecule has 1 aliphatic rings. The van der Waals surface area contributed by atoms with Crippen molar-refractivity contribution in [3.05, 3.63) is 0 Å². The van der Waals surface area contributed by atoms with E-state index in [1.54, 1.807) is 13.8 Å². The van der Waals surface area contributed by atoms with Crippen LogP contribution in [-0.4, -0.2) is 42.0 Å². The van der Waals surface area contributed by atoms with E-state index in [0.717, 1.165) is 6.54 Å². The van der Waals surface area contributed by atoms with Crippen LogP contribution in [0.15, 0.2) is 0 Å². The highest BCUT2D eigenvalue weighted by Gasteiger charge is 2.30. The molecule has 0 aromatic heterocycles. The molecule has 0 heterocycles. The van der Waals surface area contributed by atoms with Crippen LogP contribution in [0.5, 0.6) is 0 Å². The molecule has 1 saturated carbocycles. The first-order valence-corrected chi connectivity index (χ1v) is 7.05. The third-order valence-electron chi connectivity index (χ3n) is 3.88. The Morgan fingerprint density at radius 2 is 2.00 bits per heavy atom. The van der Waals surface area contributed by atoms with Crippen molar-refractivity contribution >= 4 is 23.1 Å². The average Bonchev–Trinajstić information content (AvgIpc) is 2.81. The molecule has 1 aliphatic carbocycles. The van der Waals surface area contributed by atoms with E-state index in [-0.39, 0.29) is 10.9 Å². The number of likely N-dealkylation sites (N-methyl/N-ethyl adjacent to an activating group) is 1. The highest BCUT2D eigenvalue weighted by Crippen LogP contribution is 2.22. The molecule has 1 fully saturated rings. The van der Waals surface area contributed by atoms with Crippen molar-refractivity contribution in [2.24, 2.45) is 11.1 Å². The lowest BCUT2D eigenvalue weighted by atomic mass is 9.92. The Kier molecular flexibility index (Phi) is 5.53. The van der Waals surface area contributed by atoms with Gasteiger partial charge in [0.2, 0.25) is 5.91 Å². The van der Waals surface area contributed by atoms with Gasteiger partial charge in [-0.1, -0.05) is 25.1 Å². The summed E-state index contributed by atoms with van der Waals surface area (Å²) in [7, 11) is 2.13. The Morgan fingerprint density at radius 3 is 2.50 bits per heavy atom. The van der Waals surface area contributed by atoms with Crippen molar-refractivity contribution in [2.75, 3.05) is 20.1 Å². The molecule has 0 spiro atoms. The molecule has 0 radical (unpaired) electrons. The summed E-state index contributed by atoms with van der Waals surface area (Å²) < 4.78 is 0. The average molecular weight is 271 g/mol. The zero-order valence-electron chi connectivity index (χ0n) is 11.7. The number of thiocarbonyl (C=S) groups is 1. The van der Waals surface area contributed by atoms with Gasteiger partial charge < -0.3 is 16.0 Å². The minimum absolute atomic E-state index is 0.0881. The smallest absolute Gasteiger partial charge is 0.232 e. The Morgan fingerprint density at radius 1 is 1.44 bits per heavy atom. The topological polar surface area (TPSA) is 58.4 Å². The summed E-state index contributed by atoms with van der Waals surface area (Å²) in [6.07, 6.45) is 5.22. The van der Waals surface area contributed by atoms with Crippen molar-refractivity contribution in [2.45, 2.75) is 45.6 Å². The fourth-order valence-electron chi connectivity index (χ4n) is 2.21. The van der Waals surface area contributed by atoms with Gasteiger partial charge in [0.1, 0.15) is 0 Å². The van der Waals surface area contributed by atoms with Crippen LogP contribution >= 0.6 is 12.2 Å². The molecular formula is C13H25N3OS. The van der Waals surface area contributed by atoms with E-state index in [4.69, 9.17) is 18.0 Å². The molecule has 104 valence electrons. The van der Waals surface area contributed by atoms with Crippen molar-refractivity contribution in [3.63, 3.8) is 0 Å². The van der Waals surface area contributed by atoms with Gasteiger partial charge in [-0.25, -0.2) is 0 Å². The molecule has 0 unspecified atom stereocenters. The standard InChI is InChI=1S/C13H25N3OS/c1-13(2,11(14)18)12(17)15-8-9-16(3)10-6-4-5-7-10/h10H,4-9H2,1-3H3,(H2,14,18)(H,15,17). The largest absolute Gasteiger partial charge is 0.392 e. The van der Waals surface area contributed by atoms with Crippen LogP contribution in [0.1, 0.15) is 39.5 Å². The number of hydrogen-bond donors (Lipinski definition) is 2. The molecule has 18 heavy (non-hydrogen) atoms. The van der Waals surface area contributed by atoms with Gasteiger partial charge in [-0.15, -0.1) is 0 Å². The second-order valence-electron chi connectivity index (χ2n) is 5.66. The molecule has 0 bridgehead atoms. The predicted octanol–water partition coefficient (Wildman–Crippen LogP) is 1.29. The molecule has 0 atom stereocenters. The van der Waals surface area contributed by atoms with Gasteiger partial charge in [0, 0.05) is 19.1 Å². The SMILES string of the molecule is CN(CCNC(=O)C(C)(C)C(N)=S)C1CCCC1. The first kappa shape index (κ1) is 15.4. The lowest BCUT2D eigenvalue weighted by Crippen LogP contribution is -2.47. The molecular weight excluding hydrogens is 246 g/mol. The van der Waals surface area contributed by atoms with E-state index < -0.39 is 5.41 Å². The zero-order chi connectivity index (χ0) is 13.8. The lowest BCUT2D eigenvalue weighted by molar-refractivity contribution is -0.126. The maximum Gasteiger partial charge on any atom is 0.232 e. The Hall–Kier alpha value is -0.680. The summed E-state index contributed by atoms with van der Waals surface area (Å²) in [5, 5.41) is 2.91. The van der Waals surface area contributed by atoms with Gasteiger partial charge >= 0.3 is 0 Å². The van der Waals surface area contributed by atoms with Crippen LogP contribution in [0, 0.1) is 5.41 Å². The summed E-state index contributed by atoms with van der Waals surface area (Å²) in [6.45, 7) is 5.04. The molecule has 5 heteroatoms. The van der Waals surface area contributed by atoms with E-state index >= 15 is 0 Å². The number of amides is 1. The fraction of sp³-hybridized carbons (Fsp3) is 0.846. The minimum Gasteiger partial charge on any atom is -0.392 e. The van der Waals surface area contributed by atoms with Gasteiger partial charge in [0.15, 0.2) is 0 Å². The molecule has 4 nitrogen and oxygen atoms in total. The summed E-state index contributed by atoms with van der Waals surface area (Å²) in [6, 6.07) is 0.686. The fourth-order valence-corrected chi connectivity index (χ4v) is 2.30. The molecule has 1 amide bonds. The number of nitrogens with two attached hydrogens (primary N) is 1. The van der Waals surface area contributed by atoms with E-state index in [9.17, 15) is 4.79 Å². The van der Waals surface area contributed by atoms with Crippen molar-refractivity contribution in [1.82, 2.24) is 10.2 Å². The summed E-state index contributed by atoms with van der Waals surface area (Å²) in [5.41, 5.74) is 4.80. The Bertz CT molecular complexity index is 311. The maximum atomic E-state index is 11.9. The number of carbonyl (C=O) groups is 1. The third kappa shape index (κ3) is 3.92. The second-order valence-corrected chi connectivity index (χ2v) is 6.10. The van der Waals surface area contributed by atoms with Crippen molar-refractivity contribution in [3.8, 4) is 0 Å². The number of nitrogens with one attached hydrogen (secondary N) is 1. The van der Waals surface area contributed by atoms with Gasteiger partial charge in [0.25, 0.3) is 0 Å². The normalized spacial score (nSPS) is 17.1. The highest BCUT2D eigenvalue weighted by atomic mass is 32.1. The number of rotatable bonds is 6. The molecule has 0 aromatic carbocycles. The highest BCUT2D eigenvalue weighted by molar-refractivity contribution is 7.80. The summed E-state index contributed by atoms with van der Waals surface area (Å²) >= 11 is 4.90. The summed E-state index contributed by atoms with van der Waals surface area (Å²) in [4.78, 5) is 14.5. The monoisotopic (exact) mass is 271 g/mol. The first-order valence-electron chi connectivity index (χ1n) is 6.64. The van der Waals surface area contributed by atoms with Crippen molar-refractivity contribution in [1.29, 1.82) is 0 Å². The molecule has 3 N–H and O–H groups in total. The van der Waals surface area contributed by atoms with Crippen LogP contribution in [0.4, 0.5) is 0 Å². The predicted molar refractivity (Wildman–Crippen MR) is 78.5 cm³/mol. The van der Waals surface area contributed by atoms with Crippen LogP contribution < -0.4 is 11.1 Å². The second kappa shape index (κ2) is 6.48. The van der Waals surface area contributed by atoms with Gasteiger partial charge in [-0.05, 0) is 33.7 Å². The molecule has 0 saturated heterocycles. The quantitative estimate of drug-likeness (QED) is 0.715. The first-order chi connectivity index (χ1) is 8.35. The number of nitrogens with zero attached hydrogens (tertiary/aromatic N) is 1. The van der Waals surface area contributed by atoms with E-state index in [2.05, 4.69) is 17.3 Å². The van der Waals surface area contributed by atoms with E-state index in [1.807, 2.05) is 0 Å². The molecule has 0 aromatic rings. The third-order valence-corrected chi connectivity index (χ3v) is 4.39. The maximum absolute atomic E-state index is 11.9. The van der Waals surface area contributed by atoms with E-state index in [0.29, 0.717) is 12.6 Å². The van der Waals surface area contributed by atoms with Crippen LogP contribution in [0.3, 0.4) is 0 Å². The number of carbonyl (C=O) groups excluding carboxylic acids is 1. The minimum atomic E-state index is -0.763. The zero-order valence-corrected chi connectivity index (χ0v) is 12.5. The van der Waals surface area contributed by atoms with Crippen LogP contribution in [-0.2, 0) is 4.79 Å². The Balaban J connectivity index is 2.28. The van der Waals surface area contributed by atoms with Gasteiger partial charge in [-0.3, -0.25) is 4.79 Å². The van der Waals surface area contributed by atoms with Gasteiger partial charge in [0.05, 0.1) is 10.4 Å². The Labute approximate surface area is 115 Å².